The Balaban J connectivity index is 1.67. The number of thiophene rings is 1. The lowest BCUT2D eigenvalue weighted by Gasteiger charge is -2.08. The zero-order valence-corrected chi connectivity index (χ0v) is 14.1. The van der Waals surface area contributed by atoms with Crippen molar-refractivity contribution < 1.29 is 4.79 Å². The highest BCUT2D eigenvalue weighted by Gasteiger charge is 2.11. The number of carbonyl (C=O) groups excluding carboxylic acids is 1. The molecule has 0 radical (unpaired) electrons. The average molecular weight is 378 g/mol. The van der Waals surface area contributed by atoms with E-state index in [2.05, 4.69) is 36.7 Å². The van der Waals surface area contributed by atoms with Crippen LogP contribution in [0.2, 0.25) is 0 Å². The Labute approximate surface area is 139 Å². The molecule has 0 unspecified atom stereocenters. The number of aryl methyl sites for hydroxylation is 1. The topological polar surface area (TPSA) is 72.7 Å². The maximum absolute atomic E-state index is 12.1. The Hall–Kier alpha value is -2.06. The third kappa shape index (κ3) is 3.40. The maximum atomic E-state index is 12.1. The monoisotopic (exact) mass is 377 g/mol. The minimum absolute atomic E-state index is 0.0217. The fourth-order valence-corrected chi connectivity index (χ4v) is 3.02. The first-order valence-corrected chi connectivity index (χ1v) is 8.17. The molecule has 0 fully saturated rings. The lowest BCUT2D eigenvalue weighted by atomic mass is 10.2. The van der Waals surface area contributed by atoms with Gasteiger partial charge < -0.3 is 5.32 Å². The van der Waals surface area contributed by atoms with Crippen LogP contribution in [0.5, 0.6) is 0 Å². The molecule has 0 bridgehead atoms. The van der Waals surface area contributed by atoms with Crippen LogP contribution < -0.4 is 5.32 Å². The molecule has 8 heteroatoms. The Morgan fingerprint density at radius 3 is 3.00 bits per heavy atom. The van der Waals surface area contributed by atoms with Crippen LogP contribution in [0.25, 0.3) is 10.7 Å². The van der Waals surface area contributed by atoms with Crippen LogP contribution in [0.15, 0.2) is 40.2 Å². The minimum atomic E-state index is -0.194. The Morgan fingerprint density at radius 2 is 2.27 bits per heavy atom. The van der Waals surface area contributed by atoms with Gasteiger partial charge in [0.15, 0.2) is 0 Å². The molecule has 0 aliphatic carbocycles. The molecule has 0 atom stereocenters. The van der Waals surface area contributed by atoms with Crippen LogP contribution in [-0.4, -0.2) is 26.1 Å². The van der Waals surface area contributed by atoms with Crippen LogP contribution in [0, 0.1) is 6.92 Å². The lowest BCUT2D eigenvalue weighted by molar-refractivity contribution is -0.117. The first-order chi connectivity index (χ1) is 10.6. The lowest BCUT2D eigenvalue weighted by Crippen LogP contribution is -2.20. The molecule has 112 valence electrons. The summed E-state index contributed by atoms with van der Waals surface area (Å²) in [6.45, 7) is 1.96. The van der Waals surface area contributed by atoms with Crippen molar-refractivity contribution in [2.24, 2.45) is 0 Å². The van der Waals surface area contributed by atoms with E-state index in [1.807, 2.05) is 42.6 Å². The molecule has 3 rings (SSSR count). The minimum Gasteiger partial charge on any atom is -0.324 e. The number of carbonyl (C=O) groups is 1. The van der Waals surface area contributed by atoms with E-state index in [9.17, 15) is 4.79 Å². The standard InChI is InChI=1S/C14H12BrN5OS/c1-9-7-10(15)4-5-11(9)16-13(21)8-20-18-14(17-19-20)12-3-2-6-22-12/h2-7H,8H2,1H3,(H,16,21). The van der Waals surface area contributed by atoms with Gasteiger partial charge in [0.05, 0.1) is 4.88 Å². The summed E-state index contributed by atoms with van der Waals surface area (Å²) >= 11 is 4.92. The van der Waals surface area contributed by atoms with E-state index in [0.29, 0.717) is 5.82 Å². The number of aromatic nitrogens is 4. The second kappa shape index (κ2) is 6.37. The zero-order chi connectivity index (χ0) is 15.5. The predicted octanol–water partition coefficient (Wildman–Crippen LogP) is 3.11. The first kappa shape index (κ1) is 14.9. The van der Waals surface area contributed by atoms with Gasteiger partial charge in [-0.1, -0.05) is 22.0 Å². The van der Waals surface area contributed by atoms with Gasteiger partial charge >= 0.3 is 0 Å². The number of hydrogen-bond acceptors (Lipinski definition) is 5. The largest absolute Gasteiger partial charge is 0.324 e. The van der Waals surface area contributed by atoms with Crippen molar-refractivity contribution in [2.45, 2.75) is 13.5 Å². The Morgan fingerprint density at radius 1 is 1.41 bits per heavy atom. The van der Waals surface area contributed by atoms with Crippen molar-refractivity contribution >= 4 is 38.9 Å². The Bertz CT molecular complexity index is 799. The van der Waals surface area contributed by atoms with E-state index in [4.69, 9.17) is 0 Å². The molecule has 0 aliphatic heterocycles. The maximum Gasteiger partial charge on any atom is 0.248 e. The van der Waals surface area contributed by atoms with Gasteiger partial charge in [-0.25, -0.2) is 0 Å². The van der Waals surface area contributed by atoms with Crippen LogP contribution in [0.1, 0.15) is 5.56 Å². The zero-order valence-electron chi connectivity index (χ0n) is 11.7. The van der Waals surface area contributed by atoms with Crippen LogP contribution >= 0.6 is 27.3 Å². The molecule has 0 saturated heterocycles. The number of nitrogens with one attached hydrogen (secondary N) is 1. The third-order valence-electron chi connectivity index (χ3n) is 2.94. The number of hydrogen-bond donors (Lipinski definition) is 1. The predicted molar refractivity (Wildman–Crippen MR) is 88.6 cm³/mol. The highest BCUT2D eigenvalue weighted by atomic mass is 79.9. The highest BCUT2D eigenvalue weighted by Crippen LogP contribution is 2.21. The average Bonchev–Trinajstić information content (AvgIpc) is 3.12. The molecule has 1 aromatic carbocycles. The molecule has 0 aliphatic rings. The van der Waals surface area contributed by atoms with Gasteiger partial charge in [-0.15, -0.1) is 21.5 Å². The third-order valence-corrected chi connectivity index (χ3v) is 4.30. The summed E-state index contributed by atoms with van der Waals surface area (Å²) in [4.78, 5) is 14.3. The van der Waals surface area contributed by atoms with E-state index in [1.54, 1.807) is 0 Å². The van der Waals surface area contributed by atoms with E-state index < -0.39 is 0 Å². The van der Waals surface area contributed by atoms with Gasteiger partial charge in [0.25, 0.3) is 0 Å². The highest BCUT2D eigenvalue weighted by molar-refractivity contribution is 9.10. The summed E-state index contributed by atoms with van der Waals surface area (Å²) in [7, 11) is 0. The van der Waals surface area contributed by atoms with E-state index >= 15 is 0 Å². The summed E-state index contributed by atoms with van der Waals surface area (Å²) < 4.78 is 0.974. The van der Waals surface area contributed by atoms with E-state index in [-0.39, 0.29) is 12.5 Å². The SMILES string of the molecule is Cc1cc(Br)ccc1NC(=O)Cn1nnc(-c2cccs2)n1. The van der Waals surface area contributed by atoms with E-state index in [1.165, 1.54) is 16.1 Å². The van der Waals surface area contributed by atoms with Crippen LogP contribution in [-0.2, 0) is 11.3 Å². The fourth-order valence-electron chi connectivity index (χ4n) is 1.90. The van der Waals surface area contributed by atoms with Gasteiger partial charge in [-0.2, -0.15) is 4.80 Å². The number of amides is 1. The Kier molecular flexibility index (Phi) is 4.30. The van der Waals surface area contributed by atoms with Crippen LogP contribution in [0.4, 0.5) is 5.69 Å². The molecule has 2 aromatic heterocycles. The van der Waals surface area contributed by atoms with Crippen LogP contribution in [0.3, 0.4) is 0 Å². The summed E-state index contributed by atoms with van der Waals surface area (Å²) in [5.74, 6) is 0.336. The normalized spacial score (nSPS) is 10.6. The molecule has 0 spiro atoms. The molecule has 0 saturated carbocycles. The van der Waals surface area contributed by atoms with E-state index in [0.717, 1.165) is 20.6 Å². The van der Waals surface area contributed by atoms with Crippen molar-refractivity contribution in [3.8, 4) is 10.7 Å². The number of tetrazole rings is 1. The number of benzene rings is 1. The number of nitrogens with zero attached hydrogens (tertiary/aromatic N) is 4. The second-order valence-electron chi connectivity index (χ2n) is 4.63. The molecule has 2 heterocycles. The number of anilines is 1. The van der Waals surface area contributed by atoms with Gasteiger partial charge in [0.2, 0.25) is 11.7 Å². The fraction of sp³-hybridized carbons (Fsp3) is 0.143. The van der Waals surface area contributed by atoms with Gasteiger partial charge in [-0.3, -0.25) is 4.79 Å². The molecule has 22 heavy (non-hydrogen) atoms. The molecule has 1 N–H and O–H groups in total. The summed E-state index contributed by atoms with van der Waals surface area (Å²) in [6.07, 6.45) is 0. The van der Waals surface area contributed by atoms with Crippen molar-refractivity contribution in [3.05, 3.63) is 45.7 Å². The summed E-state index contributed by atoms with van der Waals surface area (Å²) in [5, 5.41) is 16.9. The molecule has 3 aromatic rings. The number of rotatable bonds is 4. The molecule has 1 amide bonds. The van der Waals surface area contributed by atoms with Crippen molar-refractivity contribution in [1.29, 1.82) is 0 Å². The quantitative estimate of drug-likeness (QED) is 0.757. The van der Waals surface area contributed by atoms with Crippen molar-refractivity contribution in [3.63, 3.8) is 0 Å². The smallest absolute Gasteiger partial charge is 0.248 e. The summed E-state index contributed by atoms with van der Waals surface area (Å²) in [6, 6.07) is 9.51. The summed E-state index contributed by atoms with van der Waals surface area (Å²) in [5.41, 5.74) is 1.75. The molecular formula is C14H12BrN5OS. The second-order valence-corrected chi connectivity index (χ2v) is 6.49. The van der Waals surface area contributed by atoms with Crippen molar-refractivity contribution in [2.75, 3.05) is 5.32 Å². The molecule has 6 nitrogen and oxygen atoms in total. The molecular weight excluding hydrogens is 366 g/mol. The van der Waals surface area contributed by atoms with Gasteiger partial charge in [0, 0.05) is 10.2 Å². The number of halogens is 1. The van der Waals surface area contributed by atoms with Crippen molar-refractivity contribution in [1.82, 2.24) is 20.2 Å². The van der Waals surface area contributed by atoms with Gasteiger partial charge in [-0.05, 0) is 47.3 Å². The first-order valence-electron chi connectivity index (χ1n) is 6.49. The van der Waals surface area contributed by atoms with Gasteiger partial charge in [0.1, 0.15) is 6.54 Å².